The molecule has 5 rings (SSSR count). The van der Waals surface area contributed by atoms with E-state index >= 15 is 0 Å². The molecule has 0 saturated carbocycles. The maximum atomic E-state index is 13.5. The minimum atomic E-state index is -0.449. The van der Waals surface area contributed by atoms with Crippen molar-refractivity contribution in [1.29, 1.82) is 0 Å². The molecule has 0 bridgehead atoms. The first kappa shape index (κ1) is 24.4. The van der Waals surface area contributed by atoms with Crippen molar-refractivity contribution in [3.63, 3.8) is 0 Å². The van der Waals surface area contributed by atoms with Crippen LogP contribution in [0.4, 0.5) is 16.0 Å². The van der Waals surface area contributed by atoms with Gasteiger partial charge in [-0.2, -0.15) is 0 Å². The van der Waals surface area contributed by atoms with Crippen molar-refractivity contribution < 1.29 is 9.13 Å². The summed E-state index contributed by atoms with van der Waals surface area (Å²) < 4.78 is 20.2. The summed E-state index contributed by atoms with van der Waals surface area (Å²) in [7, 11) is 0. The van der Waals surface area contributed by atoms with Crippen LogP contribution in [-0.2, 0) is 11.2 Å². The predicted octanol–water partition coefficient (Wildman–Crippen LogP) is 1.98. The third kappa shape index (κ3) is 5.30. The van der Waals surface area contributed by atoms with Crippen LogP contribution in [0, 0.1) is 17.7 Å². The molecule has 3 aromatic heterocycles. The molecule has 0 spiro atoms. The minimum Gasteiger partial charge on any atom is -0.382 e. The van der Waals surface area contributed by atoms with Crippen molar-refractivity contribution in [2.24, 2.45) is 0 Å². The van der Waals surface area contributed by atoms with Crippen molar-refractivity contribution in [2.75, 3.05) is 48.9 Å². The van der Waals surface area contributed by atoms with Crippen LogP contribution in [0.3, 0.4) is 0 Å². The van der Waals surface area contributed by atoms with E-state index in [0.717, 1.165) is 6.20 Å². The van der Waals surface area contributed by atoms with E-state index in [1.54, 1.807) is 22.9 Å². The molecule has 4 aromatic rings. The van der Waals surface area contributed by atoms with Crippen molar-refractivity contribution >= 4 is 34.1 Å². The van der Waals surface area contributed by atoms with Crippen molar-refractivity contribution in [2.45, 2.75) is 6.42 Å². The van der Waals surface area contributed by atoms with Gasteiger partial charge >= 0.3 is 0 Å². The quantitative estimate of drug-likeness (QED) is 0.380. The maximum Gasteiger partial charge on any atom is 0.281 e. The van der Waals surface area contributed by atoms with Gasteiger partial charge in [0.1, 0.15) is 40.9 Å². The molecule has 12 heteroatoms. The van der Waals surface area contributed by atoms with Gasteiger partial charge < -0.3 is 20.8 Å². The fourth-order valence-corrected chi connectivity index (χ4v) is 4.21. The van der Waals surface area contributed by atoms with E-state index in [9.17, 15) is 9.18 Å². The van der Waals surface area contributed by atoms with Crippen LogP contribution >= 0.6 is 11.6 Å². The number of nitrogens with zero attached hydrogens (tertiary/aromatic N) is 6. The number of nitrogens with one attached hydrogen (secondary N) is 1. The van der Waals surface area contributed by atoms with E-state index in [0.29, 0.717) is 78.1 Å². The number of ether oxygens (including phenoxy) is 1. The Labute approximate surface area is 216 Å². The highest BCUT2D eigenvalue weighted by molar-refractivity contribution is 6.35. The summed E-state index contributed by atoms with van der Waals surface area (Å²) in [6.07, 6.45) is 2.82. The molecule has 1 aliphatic rings. The second-order valence-electron chi connectivity index (χ2n) is 8.12. The van der Waals surface area contributed by atoms with Gasteiger partial charge in [0, 0.05) is 13.0 Å². The number of hydrogen-bond acceptors (Lipinski definition) is 9. The van der Waals surface area contributed by atoms with Crippen molar-refractivity contribution in [3.8, 4) is 11.8 Å². The van der Waals surface area contributed by atoms with E-state index in [4.69, 9.17) is 27.1 Å². The Hall–Kier alpha value is -4.27. The molecule has 0 aliphatic carbocycles. The highest BCUT2D eigenvalue weighted by Crippen LogP contribution is 2.20. The summed E-state index contributed by atoms with van der Waals surface area (Å²) in [5.41, 5.74) is 7.12. The number of pyridine rings is 1. The lowest BCUT2D eigenvalue weighted by molar-refractivity contribution is 0.110. The number of aromatic nitrogens is 5. The highest BCUT2D eigenvalue weighted by Gasteiger charge is 2.20. The SMILES string of the molecule is Nc1ncnc(NCCc2nc3cccc(Cl)c3c(=O)n2N2CCOCC2)c1C#Cc1ccc(F)cn1. The van der Waals surface area contributed by atoms with Gasteiger partial charge in [-0.15, -0.1) is 0 Å². The van der Waals surface area contributed by atoms with E-state index in [-0.39, 0.29) is 11.4 Å². The van der Waals surface area contributed by atoms with Gasteiger partial charge in [0.15, 0.2) is 0 Å². The van der Waals surface area contributed by atoms with Crippen LogP contribution < -0.4 is 21.6 Å². The normalized spacial score (nSPS) is 13.3. The number of nitrogen functional groups attached to an aromatic ring is 1. The molecule has 3 N–H and O–H groups in total. The lowest BCUT2D eigenvalue weighted by atomic mass is 10.2. The van der Waals surface area contributed by atoms with Crippen LogP contribution in [-0.4, -0.2) is 57.5 Å². The molecule has 0 atom stereocenters. The average Bonchev–Trinajstić information content (AvgIpc) is 2.90. The summed E-state index contributed by atoms with van der Waals surface area (Å²) in [6.45, 7) is 2.50. The summed E-state index contributed by atoms with van der Waals surface area (Å²) in [5, 5.41) is 5.88. The summed E-state index contributed by atoms with van der Waals surface area (Å²) in [4.78, 5) is 30.5. The number of anilines is 2. The molecular formula is C25H22ClFN8O2. The summed E-state index contributed by atoms with van der Waals surface area (Å²) in [6, 6.07) is 7.96. The average molecular weight is 521 g/mol. The van der Waals surface area contributed by atoms with Crippen LogP contribution in [0.2, 0.25) is 5.02 Å². The molecular weight excluding hydrogens is 499 g/mol. The minimum absolute atomic E-state index is 0.191. The van der Waals surface area contributed by atoms with Gasteiger partial charge in [0.2, 0.25) is 0 Å². The third-order valence-corrected chi connectivity index (χ3v) is 6.04. The zero-order valence-electron chi connectivity index (χ0n) is 19.6. The molecule has 0 unspecified atom stereocenters. The highest BCUT2D eigenvalue weighted by atomic mass is 35.5. The summed E-state index contributed by atoms with van der Waals surface area (Å²) >= 11 is 6.35. The number of halogens is 2. The second-order valence-corrected chi connectivity index (χ2v) is 8.52. The molecule has 1 fully saturated rings. The van der Waals surface area contributed by atoms with E-state index < -0.39 is 5.82 Å². The second kappa shape index (κ2) is 10.8. The molecule has 37 heavy (non-hydrogen) atoms. The van der Waals surface area contributed by atoms with Gasteiger partial charge in [0.25, 0.3) is 5.56 Å². The Morgan fingerprint density at radius 3 is 2.76 bits per heavy atom. The molecule has 4 heterocycles. The molecule has 1 aromatic carbocycles. The number of hydrogen-bond donors (Lipinski definition) is 2. The van der Waals surface area contributed by atoms with Crippen molar-refractivity contribution in [3.05, 3.63) is 81.1 Å². The topological polar surface area (TPSA) is 124 Å². The van der Waals surface area contributed by atoms with Crippen molar-refractivity contribution in [1.82, 2.24) is 24.6 Å². The molecule has 0 amide bonds. The van der Waals surface area contributed by atoms with E-state index in [1.807, 2.05) is 5.01 Å². The van der Waals surface area contributed by atoms with Gasteiger partial charge in [-0.25, -0.2) is 29.0 Å². The lowest BCUT2D eigenvalue weighted by Crippen LogP contribution is -2.50. The predicted molar refractivity (Wildman–Crippen MR) is 139 cm³/mol. The number of benzene rings is 1. The van der Waals surface area contributed by atoms with Gasteiger partial charge in [-0.1, -0.05) is 23.6 Å². The first-order chi connectivity index (χ1) is 18.0. The fourth-order valence-electron chi connectivity index (χ4n) is 3.96. The standard InChI is InChI=1S/C25H22ClFN8O2/c26-19-2-1-3-20-22(19)25(36)35(34-10-12-37-13-11-34)21(33-20)8-9-29-24-18(23(28)31-15-32-24)7-6-17-5-4-16(27)14-30-17/h1-5,14-15H,8-13H2,(H3,28,29,31,32). The zero-order chi connectivity index (χ0) is 25.8. The number of nitrogens with two attached hydrogens (primary N) is 1. The van der Waals surface area contributed by atoms with Crippen LogP contribution in [0.15, 0.2) is 47.7 Å². The van der Waals surface area contributed by atoms with Crippen LogP contribution in [0.1, 0.15) is 17.1 Å². The largest absolute Gasteiger partial charge is 0.382 e. The van der Waals surface area contributed by atoms with E-state index in [2.05, 4.69) is 32.1 Å². The smallest absolute Gasteiger partial charge is 0.281 e. The van der Waals surface area contributed by atoms with Gasteiger partial charge in [-0.05, 0) is 30.2 Å². The van der Waals surface area contributed by atoms with Gasteiger partial charge in [-0.3, -0.25) is 4.79 Å². The maximum absolute atomic E-state index is 13.5. The monoisotopic (exact) mass is 520 g/mol. The number of rotatable bonds is 5. The summed E-state index contributed by atoms with van der Waals surface area (Å²) in [5.74, 6) is 6.49. The van der Waals surface area contributed by atoms with E-state index in [1.165, 1.54) is 18.5 Å². The Morgan fingerprint density at radius 1 is 1.14 bits per heavy atom. The molecule has 1 saturated heterocycles. The molecule has 0 radical (unpaired) electrons. The number of fused-ring (bicyclic) bond motifs is 1. The Balaban J connectivity index is 1.43. The Morgan fingerprint density at radius 2 is 1.97 bits per heavy atom. The fraction of sp³-hybridized carbons (Fsp3) is 0.240. The van der Waals surface area contributed by atoms with Gasteiger partial charge in [0.05, 0.1) is 48.4 Å². The first-order valence-corrected chi connectivity index (χ1v) is 11.9. The molecule has 1 aliphatic heterocycles. The lowest BCUT2D eigenvalue weighted by Gasteiger charge is -2.31. The zero-order valence-corrected chi connectivity index (χ0v) is 20.4. The Kier molecular flexibility index (Phi) is 7.11. The Bertz CT molecular complexity index is 1560. The molecule has 10 nitrogen and oxygen atoms in total. The number of morpholine rings is 1. The van der Waals surface area contributed by atoms with Crippen LogP contribution in [0.25, 0.3) is 10.9 Å². The third-order valence-electron chi connectivity index (χ3n) is 5.72. The first-order valence-electron chi connectivity index (χ1n) is 11.5. The molecule has 188 valence electrons. The van der Waals surface area contributed by atoms with Crippen LogP contribution in [0.5, 0.6) is 0 Å².